The molecule has 0 aliphatic rings. The Kier molecular flexibility index (Phi) is 5.57. The Bertz CT molecular complexity index is 841. The largest absolute Gasteiger partial charge is 0.494 e. The summed E-state index contributed by atoms with van der Waals surface area (Å²) in [5, 5.41) is 0. The van der Waals surface area contributed by atoms with E-state index >= 15 is 0 Å². The van der Waals surface area contributed by atoms with Crippen molar-refractivity contribution in [2.75, 3.05) is 6.61 Å². The lowest BCUT2D eigenvalue weighted by Gasteiger charge is -2.18. The Morgan fingerprint density at radius 3 is 2.50 bits per heavy atom. The molecule has 0 atom stereocenters. The molecule has 0 radical (unpaired) electrons. The number of ether oxygens (including phenoxy) is 1. The van der Waals surface area contributed by atoms with E-state index in [1.165, 1.54) is 11.1 Å². The van der Waals surface area contributed by atoms with Gasteiger partial charge in [-0.2, -0.15) is 0 Å². The first-order valence-electron chi connectivity index (χ1n) is 9.00. The van der Waals surface area contributed by atoms with Crippen LogP contribution in [0.25, 0.3) is 23.3 Å². The molecular weight excluding hydrogens is 320 g/mol. The van der Waals surface area contributed by atoms with Crippen LogP contribution in [0.5, 0.6) is 5.75 Å². The molecule has 2 aromatic carbocycles. The fourth-order valence-electron chi connectivity index (χ4n) is 2.57. The maximum absolute atomic E-state index is 5.93. The van der Waals surface area contributed by atoms with E-state index in [4.69, 9.17) is 4.74 Å². The first-order chi connectivity index (χ1) is 12.5. The van der Waals surface area contributed by atoms with E-state index in [1.54, 1.807) is 6.20 Å². The standard InChI is InChI=1S/C23H26N2O/c1-23(2,3)13-16-26-21-6-4-5-20(17-21)19-10-7-18(8-11-19)9-12-22-24-14-15-25-22/h4-12,14-15,17H,13,16H2,1-3H3,(H,24,25)/b12-9+. The molecule has 134 valence electrons. The summed E-state index contributed by atoms with van der Waals surface area (Å²) in [7, 11) is 0. The first kappa shape index (κ1) is 18.0. The van der Waals surface area contributed by atoms with Gasteiger partial charge in [0.25, 0.3) is 0 Å². The second-order valence-corrected chi connectivity index (χ2v) is 7.62. The average Bonchev–Trinajstić information content (AvgIpc) is 3.13. The minimum Gasteiger partial charge on any atom is -0.494 e. The third-order valence-electron chi connectivity index (χ3n) is 4.15. The van der Waals surface area contributed by atoms with Crippen LogP contribution < -0.4 is 4.74 Å². The van der Waals surface area contributed by atoms with E-state index in [1.807, 2.05) is 24.4 Å². The number of aromatic amines is 1. The summed E-state index contributed by atoms with van der Waals surface area (Å²) < 4.78 is 5.93. The third kappa shape index (κ3) is 5.35. The molecule has 0 spiro atoms. The van der Waals surface area contributed by atoms with Crippen LogP contribution in [0.3, 0.4) is 0 Å². The van der Waals surface area contributed by atoms with Gasteiger partial charge in [0.1, 0.15) is 11.6 Å². The summed E-state index contributed by atoms with van der Waals surface area (Å²) in [4.78, 5) is 7.25. The molecule has 1 heterocycles. The van der Waals surface area contributed by atoms with Gasteiger partial charge in [-0.3, -0.25) is 0 Å². The summed E-state index contributed by atoms with van der Waals surface area (Å²) in [5.41, 5.74) is 3.78. The van der Waals surface area contributed by atoms with E-state index in [9.17, 15) is 0 Å². The van der Waals surface area contributed by atoms with Crippen molar-refractivity contribution < 1.29 is 4.74 Å². The van der Waals surface area contributed by atoms with Crippen molar-refractivity contribution in [1.29, 1.82) is 0 Å². The molecule has 0 saturated carbocycles. The molecule has 0 aliphatic heterocycles. The van der Waals surface area contributed by atoms with Gasteiger partial charge < -0.3 is 9.72 Å². The SMILES string of the molecule is CC(C)(C)CCOc1cccc(-c2ccc(/C=C/c3ncc[nH]3)cc2)c1. The molecule has 0 bridgehead atoms. The second kappa shape index (κ2) is 8.05. The Morgan fingerprint density at radius 1 is 1.00 bits per heavy atom. The fourth-order valence-corrected chi connectivity index (χ4v) is 2.57. The number of rotatable bonds is 6. The van der Waals surface area contributed by atoms with Crippen molar-refractivity contribution >= 4 is 12.2 Å². The van der Waals surface area contributed by atoms with Gasteiger partial charge in [-0.25, -0.2) is 4.98 Å². The van der Waals surface area contributed by atoms with E-state index in [0.29, 0.717) is 0 Å². The van der Waals surface area contributed by atoms with Crippen LogP contribution in [0.2, 0.25) is 0 Å². The topological polar surface area (TPSA) is 37.9 Å². The Morgan fingerprint density at radius 2 is 1.81 bits per heavy atom. The van der Waals surface area contributed by atoms with Crippen molar-refractivity contribution in [2.24, 2.45) is 5.41 Å². The number of benzene rings is 2. The van der Waals surface area contributed by atoms with Crippen LogP contribution in [-0.4, -0.2) is 16.6 Å². The van der Waals surface area contributed by atoms with Gasteiger partial charge in [-0.05, 0) is 46.7 Å². The number of nitrogens with zero attached hydrogens (tertiary/aromatic N) is 1. The molecule has 0 saturated heterocycles. The van der Waals surface area contributed by atoms with Gasteiger partial charge in [0.15, 0.2) is 0 Å². The predicted octanol–water partition coefficient (Wildman–Crippen LogP) is 6.06. The predicted molar refractivity (Wildman–Crippen MR) is 109 cm³/mol. The zero-order valence-corrected chi connectivity index (χ0v) is 15.7. The van der Waals surface area contributed by atoms with Crippen molar-refractivity contribution in [3.63, 3.8) is 0 Å². The zero-order chi connectivity index (χ0) is 18.4. The quantitative estimate of drug-likeness (QED) is 0.589. The Hall–Kier alpha value is -2.81. The molecule has 0 unspecified atom stereocenters. The summed E-state index contributed by atoms with van der Waals surface area (Å²) in [5.74, 6) is 1.78. The summed E-state index contributed by atoms with van der Waals surface area (Å²) in [6.07, 6.45) is 8.62. The molecule has 3 heteroatoms. The summed E-state index contributed by atoms with van der Waals surface area (Å²) in [6.45, 7) is 7.43. The van der Waals surface area contributed by atoms with Crippen molar-refractivity contribution in [3.8, 4) is 16.9 Å². The van der Waals surface area contributed by atoms with Gasteiger partial charge in [0.05, 0.1) is 6.61 Å². The number of H-pyrrole nitrogens is 1. The average molecular weight is 346 g/mol. The molecule has 3 nitrogen and oxygen atoms in total. The minimum absolute atomic E-state index is 0.288. The van der Waals surface area contributed by atoms with E-state index in [0.717, 1.165) is 30.2 Å². The smallest absolute Gasteiger partial charge is 0.129 e. The van der Waals surface area contributed by atoms with Crippen LogP contribution in [0.15, 0.2) is 60.9 Å². The normalized spacial score (nSPS) is 11.8. The van der Waals surface area contributed by atoms with Crippen molar-refractivity contribution in [3.05, 3.63) is 72.3 Å². The molecule has 26 heavy (non-hydrogen) atoms. The third-order valence-corrected chi connectivity index (χ3v) is 4.15. The molecule has 0 amide bonds. The number of hydrogen-bond donors (Lipinski definition) is 1. The number of hydrogen-bond acceptors (Lipinski definition) is 2. The highest BCUT2D eigenvalue weighted by Gasteiger charge is 2.10. The molecule has 3 aromatic rings. The lowest BCUT2D eigenvalue weighted by Crippen LogP contribution is -2.11. The number of imidazole rings is 1. The van der Waals surface area contributed by atoms with Crippen LogP contribution >= 0.6 is 0 Å². The maximum Gasteiger partial charge on any atom is 0.129 e. The van der Waals surface area contributed by atoms with E-state index < -0.39 is 0 Å². The molecule has 0 fully saturated rings. The lowest BCUT2D eigenvalue weighted by molar-refractivity contribution is 0.243. The van der Waals surface area contributed by atoms with Crippen molar-refractivity contribution in [2.45, 2.75) is 27.2 Å². The first-order valence-corrected chi connectivity index (χ1v) is 9.00. The lowest BCUT2D eigenvalue weighted by atomic mass is 9.93. The highest BCUT2D eigenvalue weighted by atomic mass is 16.5. The second-order valence-electron chi connectivity index (χ2n) is 7.62. The molecule has 3 rings (SSSR count). The van der Waals surface area contributed by atoms with Crippen LogP contribution in [0.4, 0.5) is 0 Å². The Labute approximate surface area is 155 Å². The molecule has 1 aromatic heterocycles. The molecule has 1 N–H and O–H groups in total. The minimum atomic E-state index is 0.288. The van der Waals surface area contributed by atoms with E-state index in [2.05, 4.69) is 73.2 Å². The fraction of sp³-hybridized carbons (Fsp3) is 0.261. The van der Waals surface area contributed by atoms with Gasteiger partial charge in [-0.1, -0.05) is 63.2 Å². The molecule has 0 aliphatic carbocycles. The van der Waals surface area contributed by atoms with Crippen molar-refractivity contribution in [1.82, 2.24) is 9.97 Å². The highest BCUT2D eigenvalue weighted by molar-refractivity contribution is 5.70. The Balaban J connectivity index is 1.66. The molecular formula is C23H26N2O. The number of nitrogens with one attached hydrogen (secondary N) is 1. The summed E-state index contributed by atoms with van der Waals surface area (Å²) >= 11 is 0. The summed E-state index contributed by atoms with van der Waals surface area (Å²) in [6, 6.07) is 16.8. The zero-order valence-electron chi connectivity index (χ0n) is 15.7. The monoisotopic (exact) mass is 346 g/mol. The van der Waals surface area contributed by atoms with Gasteiger partial charge in [-0.15, -0.1) is 0 Å². The van der Waals surface area contributed by atoms with Gasteiger partial charge in [0, 0.05) is 12.4 Å². The van der Waals surface area contributed by atoms with Crippen LogP contribution in [0, 0.1) is 5.41 Å². The number of aromatic nitrogens is 2. The highest BCUT2D eigenvalue weighted by Crippen LogP contribution is 2.25. The van der Waals surface area contributed by atoms with Gasteiger partial charge in [0.2, 0.25) is 0 Å². The van der Waals surface area contributed by atoms with Crippen LogP contribution in [-0.2, 0) is 0 Å². The van der Waals surface area contributed by atoms with E-state index in [-0.39, 0.29) is 5.41 Å². The van der Waals surface area contributed by atoms with Gasteiger partial charge >= 0.3 is 0 Å². The van der Waals surface area contributed by atoms with Crippen LogP contribution in [0.1, 0.15) is 38.6 Å². The maximum atomic E-state index is 5.93.